The van der Waals surface area contributed by atoms with Gasteiger partial charge < -0.3 is 4.74 Å². The van der Waals surface area contributed by atoms with Gasteiger partial charge in [0.1, 0.15) is 6.61 Å². The Morgan fingerprint density at radius 1 is 1.18 bits per heavy atom. The maximum Gasteiger partial charge on any atom is 0.340 e. The van der Waals surface area contributed by atoms with Crippen LogP contribution in [0.5, 0.6) is 0 Å². The zero-order valence-corrected chi connectivity index (χ0v) is 12.8. The molecule has 3 heterocycles. The fourth-order valence-electron chi connectivity index (χ4n) is 2.04. The minimum Gasteiger partial charge on any atom is -0.456 e. The van der Waals surface area contributed by atoms with E-state index in [0.717, 1.165) is 16.3 Å². The van der Waals surface area contributed by atoms with Gasteiger partial charge in [-0.1, -0.05) is 12.1 Å². The summed E-state index contributed by atoms with van der Waals surface area (Å²) in [6.45, 7) is 1.97. The predicted octanol–water partition coefficient (Wildman–Crippen LogP) is 3.87. The van der Waals surface area contributed by atoms with Gasteiger partial charge in [-0.05, 0) is 42.6 Å². The number of esters is 1. The third-order valence-corrected chi connectivity index (χ3v) is 4.05. The zero-order valence-electron chi connectivity index (χ0n) is 12.0. The van der Waals surface area contributed by atoms with Crippen LogP contribution in [-0.4, -0.2) is 15.9 Å². The topological polar surface area (TPSA) is 52.1 Å². The van der Waals surface area contributed by atoms with Gasteiger partial charge >= 0.3 is 5.97 Å². The summed E-state index contributed by atoms with van der Waals surface area (Å²) in [5.41, 5.74) is 2.73. The maximum absolute atomic E-state index is 12.1. The number of hydrogen-bond acceptors (Lipinski definition) is 5. The molecule has 22 heavy (non-hydrogen) atoms. The average Bonchev–Trinajstić information content (AvgIpc) is 3.08. The Balaban J connectivity index is 1.73. The van der Waals surface area contributed by atoms with Gasteiger partial charge in [0.15, 0.2) is 0 Å². The van der Waals surface area contributed by atoms with E-state index < -0.39 is 0 Å². The highest BCUT2D eigenvalue weighted by Gasteiger charge is 2.13. The van der Waals surface area contributed by atoms with Crippen molar-refractivity contribution in [3.63, 3.8) is 0 Å². The molecule has 0 spiro atoms. The van der Waals surface area contributed by atoms with Gasteiger partial charge in [0, 0.05) is 6.20 Å². The van der Waals surface area contributed by atoms with Crippen LogP contribution in [0.4, 0.5) is 0 Å². The Bertz CT molecular complexity index is 771. The Morgan fingerprint density at radius 2 is 2.09 bits per heavy atom. The third kappa shape index (κ3) is 3.20. The second-order valence-corrected chi connectivity index (χ2v) is 5.65. The molecule has 110 valence electrons. The third-order valence-electron chi connectivity index (χ3n) is 3.16. The molecule has 4 nitrogen and oxygen atoms in total. The van der Waals surface area contributed by atoms with E-state index >= 15 is 0 Å². The SMILES string of the molecule is Cc1nc(-c2cccs2)ccc1C(=O)OCc1ccccn1. The standard InChI is InChI=1S/C17H14N2O2S/c1-12-14(7-8-15(19-12)16-6-4-10-22-16)17(20)21-11-13-5-2-3-9-18-13/h2-10H,11H2,1H3. The van der Waals surface area contributed by atoms with Crippen LogP contribution in [0.3, 0.4) is 0 Å². The molecule has 0 saturated carbocycles. The van der Waals surface area contributed by atoms with Crippen LogP contribution in [0, 0.1) is 6.92 Å². The fourth-order valence-corrected chi connectivity index (χ4v) is 2.73. The molecule has 0 fully saturated rings. The summed E-state index contributed by atoms with van der Waals surface area (Å²) in [4.78, 5) is 21.8. The van der Waals surface area contributed by atoms with E-state index in [2.05, 4.69) is 9.97 Å². The predicted molar refractivity (Wildman–Crippen MR) is 85.6 cm³/mol. The van der Waals surface area contributed by atoms with Crippen molar-refractivity contribution in [2.24, 2.45) is 0 Å². The van der Waals surface area contributed by atoms with Gasteiger partial charge in [0.2, 0.25) is 0 Å². The number of rotatable bonds is 4. The van der Waals surface area contributed by atoms with E-state index in [9.17, 15) is 4.79 Å². The highest BCUT2D eigenvalue weighted by Crippen LogP contribution is 2.24. The second kappa shape index (κ2) is 6.49. The lowest BCUT2D eigenvalue weighted by Crippen LogP contribution is -2.09. The fraction of sp³-hybridized carbons (Fsp3) is 0.118. The van der Waals surface area contributed by atoms with E-state index in [1.807, 2.05) is 48.7 Å². The van der Waals surface area contributed by atoms with E-state index in [-0.39, 0.29) is 12.6 Å². The van der Waals surface area contributed by atoms with E-state index in [1.54, 1.807) is 23.6 Å². The Kier molecular flexibility index (Phi) is 4.25. The van der Waals surface area contributed by atoms with Crippen LogP contribution < -0.4 is 0 Å². The Labute approximate surface area is 132 Å². The van der Waals surface area contributed by atoms with Crippen molar-refractivity contribution in [3.05, 3.63) is 71.0 Å². The summed E-state index contributed by atoms with van der Waals surface area (Å²) < 4.78 is 5.29. The van der Waals surface area contributed by atoms with Gasteiger partial charge in [-0.2, -0.15) is 0 Å². The molecule has 0 aromatic carbocycles. The molecule has 0 aliphatic rings. The van der Waals surface area contributed by atoms with Crippen molar-refractivity contribution in [1.29, 1.82) is 0 Å². The number of hydrogen-bond donors (Lipinski definition) is 0. The Morgan fingerprint density at radius 3 is 2.77 bits per heavy atom. The number of thiophene rings is 1. The molecule has 0 unspecified atom stereocenters. The van der Waals surface area contributed by atoms with Crippen molar-refractivity contribution in [2.45, 2.75) is 13.5 Å². The van der Waals surface area contributed by atoms with Crippen LogP contribution in [0.1, 0.15) is 21.7 Å². The van der Waals surface area contributed by atoms with Gasteiger partial charge in [-0.3, -0.25) is 9.97 Å². The van der Waals surface area contributed by atoms with Gasteiger partial charge in [-0.15, -0.1) is 11.3 Å². The van der Waals surface area contributed by atoms with Gasteiger partial charge in [-0.25, -0.2) is 4.79 Å². The number of ether oxygens (including phenoxy) is 1. The lowest BCUT2D eigenvalue weighted by atomic mass is 10.1. The van der Waals surface area contributed by atoms with E-state index in [4.69, 9.17) is 4.74 Å². The van der Waals surface area contributed by atoms with Crippen molar-refractivity contribution in [3.8, 4) is 10.6 Å². The summed E-state index contributed by atoms with van der Waals surface area (Å²) >= 11 is 1.62. The van der Waals surface area contributed by atoms with Crippen LogP contribution in [0.15, 0.2) is 54.0 Å². The highest BCUT2D eigenvalue weighted by molar-refractivity contribution is 7.13. The minimum absolute atomic E-state index is 0.159. The Hall–Kier alpha value is -2.53. The highest BCUT2D eigenvalue weighted by atomic mass is 32.1. The number of carbonyl (C=O) groups is 1. The molecule has 3 aromatic heterocycles. The minimum atomic E-state index is -0.381. The zero-order chi connectivity index (χ0) is 15.4. The molecule has 3 rings (SSSR count). The number of aryl methyl sites for hydroxylation is 1. The first kappa shape index (κ1) is 14.4. The smallest absolute Gasteiger partial charge is 0.340 e. The molecule has 0 radical (unpaired) electrons. The first-order valence-corrected chi connectivity index (χ1v) is 7.70. The average molecular weight is 310 g/mol. The number of pyridine rings is 2. The van der Waals surface area contributed by atoms with Crippen molar-refractivity contribution in [2.75, 3.05) is 0 Å². The summed E-state index contributed by atoms with van der Waals surface area (Å²) in [5.74, 6) is -0.381. The summed E-state index contributed by atoms with van der Waals surface area (Å²) in [6.07, 6.45) is 1.67. The number of aromatic nitrogens is 2. The van der Waals surface area contributed by atoms with Crippen LogP contribution >= 0.6 is 11.3 Å². The first-order valence-electron chi connectivity index (χ1n) is 6.82. The van der Waals surface area contributed by atoms with E-state index in [1.165, 1.54) is 0 Å². The van der Waals surface area contributed by atoms with Crippen molar-refractivity contribution < 1.29 is 9.53 Å². The molecule has 0 bridgehead atoms. The molecule has 0 amide bonds. The van der Waals surface area contributed by atoms with Crippen molar-refractivity contribution >= 4 is 17.3 Å². The molecule has 0 saturated heterocycles. The molecular weight excluding hydrogens is 296 g/mol. The van der Waals surface area contributed by atoms with E-state index in [0.29, 0.717) is 11.3 Å². The molecule has 0 atom stereocenters. The monoisotopic (exact) mass is 310 g/mol. The molecule has 0 N–H and O–H groups in total. The normalized spacial score (nSPS) is 10.4. The summed E-state index contributed by atoms with van der Waals surface area (Å²) in [7, 11) is 0. The number of carbonyl (C=O) groups excluding carboxylic acids is 1. The van der Waals surface area contributed by atoms with Crippen LogP contribution in [0.25, 0.3) is 10.6 Å². The lowest BCUT2D eigenvalue weighted by molar-refractivity contribution is 0.0466. The maximum atomic E-state index is 12.1. The van der Waals surface area contributed by atoms with Crippen LogP contribution in [-0.2, 0) is 11.3 Å². The molecular formula is C17H14N2O2S. The number of nitrogens with zero attached hydrogens (tertiary/aromatic N) is 2. The summed E-state index contributed by atoms with van der Waals surface area (Å²) in [6, 6.07) is 13.1. The summed E-state index contributed by atoms with van der Waals surface area (Å²) in [5, 5.41) is 2.00. The quantitative estimate of drug-likeness (QED) is 0.686. The molecule has 5 heteroatoms. The second-order valence-electron chi connectivity index (χ2n) is 4.70. The molecule has 0 aliphatic heterocycles. The molecule has 3 aromatic rings. The largest absolute Gasteiger partial charge is 0.456 e. The lowest BCUT2D eigenvalue weighted by Gasteiger charge is -2.07. The van der Waals surface area contributed by atoms with Crippen molar-refractivity contribution in [1.82, 2.24) is 9.97 Å². The first-order chi connectivity index (χ1) is 10.7. The molecule has 0 aliphatic carbocycles. The van der Waals surface area contributed by atoms with Crippen LogP contribution in [0.2, 0.25) is 0 Å². The van der Waals surface area contributed by atoms with Gasteiger partial charge in [0.25, 0.3) is 0 Å². The van der Waals surface area contributed by atoms with Gasteiger partial charge in [0.05, 0.1) is 27.5 Å².